The fourth-order valence-corrected chi connectivity index (χ4v) is 2.92. The first-order valence-electron chi connectivity index (χ1n) is 8.77. The minimum absolute atomic E-state index is 0.331. The monoisotopic (exact) mass is 338 g/mol. The highest BCUT2D eigenvalue weighted by molar-refractivity contribution is 5.86. The van der Waals surface area contributed by atoms with E-state index in [0.717, 1.165) is 29.1 Å². The Labute approximate surface area is 148 Å². The van der Waals surface area contributed by atoms with Gasteiger partial charge in [0.1, 0.15) is 0 Å². The molecule has 2 aromatic heterocycles. The molecule has 6 heteroatoms. The molecule has 0 unspecified atom stereocenters. The summed E-state index contributed by atoms with van der Waals surface area (Å²) in [7, 11) is 1.95. The molecule has 132 valence electrons. The minimum Gasteiger partial charge on any atom is -0.351 e. The Morgan fingerprint density at radius 1 is 1.20 bits per heavy atom. The molecule has 0 saturated heterocycles. The average Bonchev–Trinajstić information content (AvgIpc) is 2.94. The Bertz CT molecular complexity index is 867. The third kappa shape index (κ3) is 3.73. The van der Waals surface area contributed by atoms with Gasteiger partial charge in [-0.1, -0.05) is 32.9 Å². The van der Waals surface area contributed by atoms with Crippen LogP contribution in [0.2, 0.25) is 0 Å². The van der Waals surface area contributed by atoms with Crippen molar-refractivity contribution in [2.45, 2.75) is 40.2 Å². The fraction of sp³-hybridized carbons (Fsp3) is 0.421. The Morgan fingerprint density at radius 3 is 2.68 bits per heavy atom. The summed E-state index contributed by atoms with van der Waals surface area (Å²) in [4.78, 5) is 13.8. The molecular weight excluding hydrogens is 312 g/mol. The van der Waals surface area contributed by atoms with Gasteiger partial charge in [0.25, 0.3) is 0 Å². The van der Waals surface area contributed by atoms with E-state index >= 15 is 0 Å². The Kier molecular flexibility index (Phi) is 4.88. The van der Waals surface area contributed by atoms with Crippen LogP contribution in [0.1, 0.15) is 32.8 Å². The summed E-state index contributed by atoms with van der Waals surface area (Å²) >= 11 is 0. The molecule has 0 spiro atoms. The second-order valence-electron chi connectivity index (χ2n) is 6.82. The molecule has 0 aliphatic carbocycles. The number of nitrogens with zero attached hydrogens (tertiary/aromatic N) is 4. The summed E-state index contributed by atoms with van der Waals surface area (Å²) in [5, 5.41) is 6.87. The molecule has 3 aromatic rings. The standard InChI is InChI=1S/C19H26N6/c1-6-15(12(2)3)22-19-23-17(16-18(24-19)25(5)11-20-16)21-14-9-7-8-13(4)10-14/h7-12,15H,6H2,1-5H3,(H2,21,22,23,24)/t15-/m0/s1. The van der Waals surface area contributed by atoms with Crippen molar-refractivity contribution in [2.75, 3.05) is 10.6 Å². The molecule has 0 bridgehead atoms. The van der Waals surface area contributed by atoms with Crippen LogP contribution in [0.3, 0.4) is 0 Å². The lowest BCUT2D eigenvalue weighted by molar-refractivity contribution is 0.508. The molecule has 2 N–H and O–H groups in total. The Hall–Kier alpha value is -2.63. The van der Waals surface area contributed by atoms with Gasteiger partial charge in [0.05, 0.1) is 6.33 Å². The van der Waals surface area contributed by atoms with Gasteiger partial charge in [-0.3, -0.25) is 0 Å². The van der Waals surface area contributed by atoms with Crippen molar-refractivity contribution in [1.29, 1.82) is 0 Å². The molecule has 1 atom stereocenters. The van der Waals surface area contributed by atoms with E-state index < -0.39 is 0 Å². The van der Waals surface area contributed by atoms with Crippen LogP contribution in [-0.4, -0.2) is 25.6 Å². The van der Waals surface area contributed by atoms with Crippen molar-refractivity contribution in [3.05, 3.63) is 36.2 Å². The van der Waals surface area contributed by atoms with Crippen LogP contribution < -0.4 is 10.6 Å². The molecule has 1 aromatic carbocycles. The lowest BCUT2D eigenvalue weighted by Crippen LogP contribution is -2.26. The first kappa shape index (κ1) is 17.2. The molecular formula is C19H26N6. The molecule has 0 radical (unpaired) electrons. The zero-order valence-electron chi connectivity index (χ0n) is 15.5. The number of nitrogens with one attached hydrogen (secondary N) is 2. The van der Waals surface area contributed by atoms with Crippen molar-refractivity contribution >= 4 is 28.6 Å². The largest absolute Gasteiger partial charge is 0.351 e. The van der Waals surface area contributed by atoms with Gasteiger partial charge < -0.3 is 15.2 Å². The van der Waals surface area contributed by atoms with Crippen molar-refractivity contribution in [2.24, 2.45) is 13.0 Å². The molecule has 0 amide bonds. The molecule has 0 saturated carbocycles. The number of hydrogen-bond acceptors (Lipinski definition) is 5. The fourth-order valence-electron chi connectivity index (χ4n) is 2.92. The number of aryl methyl sites for hydroxylation is 2. The SMILES string of the molecule is CC[C@H](Nc1nc(Nc2cccc(C)c2)c2ncn(C)c2n1)C(C)C. The number of imidazole rings is 1. The van der Waals surface area contributed by atoms with Gasteiger partial charge in [-0.25, -0.2) is 4.98 Å². The third-order valence-electron chi connectivity index (χ3n) is 4.40. The quantitative estimate of drug-likeness (QED) is 0.703. The minimum atomic E-state index is 0.331. The van der Waals surface area contributed by atoms with Crippen LogP contribution in [0.25, 0.3) is 11.2 Å². The van der Waals surface area contributed by atoms with Gasteiger partial charge in [-0.05, 0) is 37.0 Å². The Morgan fingerprint density at radius 2 is 2.00 bits per heavy atom. The van der Waals surface area contributed by atoms with E-state index in [1.54, 1.807) is 6.33 Å². The number of aromatic nitrogens is 4. The predicted octanol–water partition coefficient (Wildman–Crippen LogP) is 4.26. The predicted molar refractivity (Wildman–Crippen MR) is 103 cm³/mol. The van der Waals surface area contributed by atoms with Crippen LogP contribution in [0.4, 0.5) is 17.5 Å². The molecule has 0 fully saturated rings. The van der Waals surface area contributed by atoms with Crippen molar-refractivity contribution in [3.8, 4) is 0 Å². The summed E-state index contributed by atoms with van der Waals surface area (Å²) in [6.07, 6.45) is 2.79. The van der Waals surface area contributed by atoms with E-state index in [-0.39, 0.29) is 0 Å². The Balaban J connectivity index is 2.01. The number of hydrogen-bond donors (Lipinski definition) is 2. The van der Waals surface area contributed by atoms with E-state index in [4.69, 9.17) is 4.98 Å². The topological polar surface area (TPSA) is 67.7 Å². The van der Waals surface area contributed by atoms with Crippen LogP contribution >= 0.6 is 0 Å². The molecule has 0 aliphatic heterocycles. The van der Waals surface area contributed by atoms with E-state index in [1.165, 1.54) is 5.56 Å². The average molecular weight is 338 g/mol. The van der Waals surface area contributed by atoms with Gasteiger partial charge in [0, 0.05) is 18.8 Å². The second-order valence-corrected chi connectivity index (χ2v) is 6.82. The lowest BCUT2D eigenvalue weighted by atomic mass is 10.0. The molecule has 3 rings (SSSR count). The van der Waals surface area contributed by atoms with Crippen LogP contribution in [0, 0.1) is 12.8 Å². The molecule has 6 nitrogen and oxygen atoms in total. The maximum absolute atomic E-state index is 4.70. The van der Waals surface area contributed by atoms with Gasteiger partial charge in [0.2, 0.25) is 5.95 Å². The van der Waals surface area contributed by atoms with Gasteiger partial charge in [-0.2, -0.15) is 9.97 Å². The first-order valence-corrected chi connectivity index (χ1v) is 8.77. The summed E-state index contributed by atoms with van der Waals surface area (Å²) < 4.78 is 1.92. The number of fused-ring (bicyclic) bond motifs is 1. The van der Waals surface area contributed by atoms with Crippen LogP contribution in [0.5, 0.6) is 0 Å². The smallest absolute Gasteiger partial charge is 0.227 e. The van der Waals surface area contributed by atoms with Crippen molar-refractivity contribution < 1.29 is 0 Å². The van der Waals surface area contributed by atoms with Crippen LogP contribution in [-0.2, 0) is 7.05 Å². The summed E-state index contributed by atoms with van der Waals surface area (Å²) in [6, 6.07) is 8.55. The highest BCUT2D eigenvalue weighted by Gasteiger charge is 2.16. The number of anilines is 3. The van der Waals surface area contributed by atoms with E-state index in [1.807, 2.05) is 23.7 Å². The van der Waals surface area contributed by atoms with E-state index in [9.17, 15) is 0 Å². The second kappa shape index (κ2) is 7.09. The van der Waals surface area contributed by atoms with E-state index in [0.29, 0.717) is 17.9 Å². The lowest BCUT2D eigenvalue weighted by Gasteiger charge is -2.21. The maximum Gasteiger partial charge on any atom is 0.227 e. The number of rotatable bonds is 6. The summed E-state index contributed by atoms with van der Waals surface area (Å²) in [6.45, 7) is 8.65. The highest BCUT2D eigenvalue weighted by Crippen LogP contribution is 2.25. The molecule has 2 heterocycles. The zero-order chi connectivity index (χ0) is 18.0. The zero-order valence-corrected chi connectivity index (χ0v) is 15.5. The normalized spacial score (nSPS) is 12.6. The molecule has 25 heavy (non-hydrogen) atoms. The van der Waals surface area contributed by atoms with Crippen molar-refractivity contribution in [1.82, 2.24) is 19.5 Å². The first-order chi connectivity index (χ1) is 12.0. The van der Waals surface area contributed by atoms with E-state index in [2.05, 4.69) is 60.4 Å². The summed E-state index contributed by atoms with van der Waals surface area (Å²) in [5.41, 5.74) is 3.77. The van der Waals surface area contributed by atoms with Crippen LogP contribution in [0.15, 0.2) is 30.6 Å². The van der Waals surface area contributed by atoms with Gasteiger partial charge in [-0.15, -0.1) is 0 Å². The highest BCUT2D eigenvalue weighted by atomic mass is 15.2. The number of benzene rings is 1. The third-order valence-corrected chi connectivity index (χ3v) is 4.40. The van der Waals surface area contributed by atoms with Gasteiger partial charge >= 0.3 is 0 Å². The maximum atomic E-state index is 4.70. The summed E-state index contributed by atoms with van der Waals surface area (Å²) in [5.74, 6) is 1.85. The van der Waals surface area contributed by atoms with Gasteiger partial charge in [0.15, 0.2) is 17.0 Å². The van der Waals surface area contributed by atoms with Crippen molar-refractivity contribution in [3.63, 3.8) is 0 Å². The molecule has 0 aliphatic rings.